The fraction of sp³-hybridized carbons (Fsp3) is 0.636. The third kappa shape index (κ3) is 3.94. The third-order valence-corrected chi connectivity index (χ3v) is 4.90. The van der Waals surface area contributed by atoms with Crippen LogP contribution >= 0.6 is 11.6 Å². The van der Waals surface area contributed by atoms with Gasteiger partial charge in [-0.15, -0.1) is 0 Å². The maximum Gasteiger partial charge on any atom is 0.224 e. The second kappa shape index (κ2) is 5.92. The smallest absolute Gasteiger partial charge is 0.224 e. The zero-order chi connectivity index (χ0) is 13.9. The summed E-state index contributed by atoms with van der Waals surface area (Å²) in [4.78, 5) is 8.33. The van der Waals surface area contributed by atoms with Crippen LogP contribution < -0.4 is 10.6 Å². The maximum atomic E-state index is 11.4. The summed E-state index contributed by atoms with van der Waals surface area (Å²) >= 11 is 6.02. The van der Waals surface area contributed by atoms with Crippen molar-refractivity contribution in [2.24, 2.45) is 0 Å². The van der Waals surface area contributed by atoms with Crippen molar-refractivity contribution in [1.82, 2.24) is 9.97 Å². The number of nitrogens with one attached hydrogen (secondary N) is 2. The Morgan fingerprint density at radius 2 is 2.32 bits per heavy atom. The summed E-state index contributed by atoms with van der Waals surface area (Å²) in [5.41, 5.74) is 0. The molecule has 8 heteroatoms. The molecule has 1 aliphatic rings. The van der Waals surface area contributed by atoms with Crippen LogP contribution in [0.1, 0.15) is 19.8 Å². The Balaban J connectivity index is 2.07. The maximum absolute atomic E-state index is 11.4. The van der Waals surface area contributed by atoms with E-state index in [4.69, 9.17) is 11.6 Å². The zero-order valence-corrected chi connectivity index (χ0v) is 12.3. The lowest BCUT2D eigenvalue weighted by atomic mass is 10.2. The molecule has 0 spiro atoms. The van der Waals surface area contributed by atoms with Gasteiger partial charge in [-0.2, -0.15) is 4.98 Å². The quantitative estimate of drug-likeness (QED) is 0.858. The summed E-state index contributed by atoms with van der Waals surface area (Å²) < 4.78 is 22.8. The average Bonchev–Trinajstić information content (AvgIpc) is 2.70. The first-order valence-electron chi connectivity index (χ1n) is 6.23. The molecule has 0 aliphatic carbocycles. The van der Waals surface area contributed by atoms with Crippen molar-refractivity contribution in [1.29, 1.82) is 0 Å². The van der Waals surface area contributed by atoms with Crippen molar-refractivity contribution in [3.8, 4) is 0 Å². The van der Waals surface area contributed by atoms with Crippen LogP contribution in [-0.2, 0) is 9.84 Å². The predicted molar refractivity (Wildman–Crippen MR) is 76.5 cm³/mol. The third-order valence-electron chi connectivity index (χ3n) is 2.85. The Hall–Kier alpha value is -1.08. The van der Waals surface area contributed by atoms with Crippen molar-refractivity contribution in [2.45, 2.75) is 25.8 Å². The van der Waals surface area contributed by atoms with Gasteiger partial charge in [0.25, 0.3) is 0 Å². The number of nitrogens with zero attached hydrogens (tertiary/aromatic N) is 2. The van der Waals surface area contributed by atoms with Crippen LogP contribution in [0.4, 0.5) is 11.8 Å². The summed E-state index contributed by atoms with van der Waals surface area (Å²) in [6, 6.07) is -0.128. The van der Waals surface area contributed by atoms with E-state index < -0.39 is 9.84 Å². The molecule has 0 saturated carbocycles. The highest BCUT2D eigenvalue weighted by Crippen LogP contribution is 2.23. The van der Waals surface area contributed by atoms with Gasteiger partial charge in [-0.3, -0.25) is 0 Å². The van der Waals surface area contributed by atoms with Crippen molar-refractivity contribution in [2.75, 3.05) is 28.7 Å². The van der Waals surface area contributed by atoms with E-state index in [1.54, 1.807) is 0 Å². The van der Waals surface area contributed by atoms with Gasteiger partial charge in [0.15, 0.2) is 15.7 Å². The summed E-state index contributed by atoms with van der Waals surface area (Å²) in [5.74, 6) is 1.33. The van der Waals surface area contributed by atoms with Crippen LogP contribution in [0.25, 0.3) is 0 Å². The minimum absolute atomic E-state index is 0.128. The van der Waals surface area contributed by atoms with E-state index in [1.807, 2.05) is 6.92 Å². The molecule has 0 aromatic carbocycles. The predicted octanol–water partition coefficient (Wildman–Crippen LogP) is 1.55. The van der Waals surface area contributed by atoms with Gasteiger partial charge in [0, 0.05) is 12.6 Å². The number of aromatic nitrogens is 2. The largest absolute Gasteiger partial charge is 0.365 e. The standard InChI is InChI=1S/C11H17ClN4O2S/c1-2-4-13-11-14-6-9(12)10(16-11)15-8-3-5-19(17,18)7-8/h6,8H,2-5,7H2,1H3,(H2,13,14,15,16). The molecule has 1 saturated heterocycles. The molecule has 0 radical (unpaired) electrons. The number of anilines is 2. The molecule has 1 aromatic rings. The van der Waals surface area contributed by atoms with Gasteiger partial charge in [-0.1, -0.05) is 18.5 Å². The van der Waals surface area contributed by atoms with Crippen molar-refractivity contribution in [3.63, 3.8) is 0 Å². The zero-order valence-electron chi connectivity index (χ0n) is 10.7. The van der Waals surface area contributed by atoms with E-state index in [1.165, 1.54) is 6.20 Å². The molecule has 19 heavy (non-hydrogen) atoms. The summed E-state index contributed by atoms with van der Waals surface area (Å²) in [5, 5.41) is 6.54. The summed E-state index contributed by atoms with van der Waals surface area (Å²) in [6.45, 7) is 2.82. The highest BCUT2D eigenvalue weighted by molar-refractivity contribution is 7.91. The molecule has 1 fully saturated rings. The molecule has 106 valence electrons. The average molecular weight is 305 g/mol. The van der Waals surface area contributed by atoms with Gasteiger partial charge in [0.05, 0.1) is 17.7 Å². The van der Waals surface area contributed by atoms with E-state index in [0.717, 1.165) is 13.0 Å². The molecule has 1 aromatic heterocycles. The normalized spacial score (nSPS) is 21.3. The molecule has 2 rings (SSSR count). The Bertz CT molecular complexity index is 550. The molecule has 1 atom stereocenters. The summed E-state index contributed by atoms with van der Waals surface area (Å²) in [6.07, 6.45) is 3.06. The van der Waals surface area contributed by atoms with E-state index in [9.17, 15) is 8.42 Å². The van der Waals surface area contributed by atoms with Gasteiger partial charge in [-0.05, 0) is 12.8 Å². The Kier molecular flexibility index (Phi) is 4.46. The van der Waals surface area contributed by atoms with Crippen molar-refractivity contribution in [3.05, 3.63) is 11.2 Å². The second-order valence-electron chi connectivity index (χ2n) is 4.56. The van der Waals surface area contributed by atoms with E-state index in [-0.39, 0.29) is 17.5 Å². The van der Waals surface area contributed by atoms with Gasteiger partial charge in [0.1, 0.15) is 5.02 Å². The Morgan fingerprint density at radius 3 is 2.95 bits per heavy atom. The van der Waals surface area contributed by atoms with Crippen molar-refractivity contribution < 1.29 is 8.42 Å². The lowest BCUT2D eigenvalue weighted by molar-refractivity contribution is 0.602. The molecule has 0 bridgehead atoms. The Morgan fingerprint density at radius 1 is 1.53 bits per heavy atom. The molecule has 2 N–H and O–H groups in total. The minimum atomic E-state index is -2.92. The van der Waals surface area contributed by atoms with Gasteiger partial charge in [-0.25, -0.2) is 13.4 Å². The molecular weight excluding hydrogens is 288 g/mol. The molecule has 6 nitrogen and oxygen atoms in total. The molecule has 1 aliphatic heterocycles. The number of halogens is 1. The van der Waals surface area contributed by atoms with Crippen molar-refractivity contribution >= 4 is 33.2 Å². The van der Waals surface area contributed by atoms with Gasteiger partial charge < -0.3 is 10.6 Å². The van der Waals surface area contributed by atoms with Crippen LogP contribution in [-0.4, -0.2) is 42.5 Å². The SMILES string of the molecule is CCCNc1ncc(Cl)c(NC2CCS(=O)(=O)C2)n1. The number of hydrogen-bond donors (Lipinski definition) is 2. The summed E-state index contributed by atoms with van der Waals surface area (Å²) in [7, 11) is -2.92. The lowest BCUT2D eigenvalue weighted by Crippen LogP contribution is -2.22. The number of sulfone groups is 1. The number of rotatable bonds is 5. The highest BCUT2D eigenvalue weighted by Gasteiger charge is 2.28. The fourth-order valence-corrected chi connectivity index (χ4v) is 3.71. The van der Waals surface area contributed by atoms with Gasteiger partial charge in [0.2, 0.25) is 5.95 Å². The highest BCUT2D eigenvalue weighted by atomic mass is 35.5. The van der Waals surface area contributed by atoms with Crippen LogP contribution in [0.15, 0.2) is 6.20 Å². The molecule has 0 amide bonds. The molecular formula is C11H17ClN4O2S. The molecule has 1 unspecified atom stereocenters. The second-order valence-corrected chi connectivity index (χ2v) is 7.20. The van der Waals surface area contributed by atoms with E-state index >= 15 is 0 Å². The van der Waals surface area contributed by atoms with Crippen LogP contribution in [0.3, 0.4) is 0 Å². The minimum Gasteiger partial charge on any atom is -0.365 e. The van der Waals surface area contributed by atoms with Crippen LogP contribution in [0, 0.1) is 0 Å². The van der Waals surface area contributed by atoms with E-state index in [0.29, 0.717) is 23.2 Å². The van der Waals surface area contributed by atoms with Crippen LogP contribution in [0.5, 0.6) is 0 Å². The topological polar surface area (TPSA) is 84.0 Å². The monoisotopic (exact) mass is 304 g/mol. The van der Waals surface area contributed by atoms with Crippen LogP contribution in [0.2, 0.25) is 5.02 Å². The first-order chi connectivity index (χ1) is 9.00. The first kappa shape index (κ1) is 14.3. The molecule has 2 heterocycles. The first-order valence-corrected chi connectivity index (χ1v) is 8.43. The lowest BCUT2D eigenvalue weighted by Gasteiger charge is -2.13. The van der Waals surface area contributed by atoms with E-state index in [2.05, 4.69) is 20.6 Å². The fourth-order valence-electron chi connectivity index (χ4n) is 1.89. The number of hydrogen-bond acceptors (Lipinski definition) is 6. The van der Waals surface area contributed by atoms with Gasteiger partial charge >= 0.3 is 0 Å². The Labute approximate surface area is 117 Å².